The van der Waals surface area contributed by atoms with Crippen LogP contribution in [0.2, 0.25) is 10.0 Å². The minimum absolute atomic E-state index is 0.169. The Morgan fingerprint density at radius 2 is 1.77 bits per heavy atom. The highest BCUT2D eigenvalue weighted by atomic mass is 35.5. The fourth-order valence-corrected chi connectivity index (χ4v) is 3.04. The van der Waals surface area contributed by atoms with Crippen LogP contribution in [0.4, 0.5) is 0 Å². The number of amides is 1. The molecule has 0 aliphatic carbocycles. The van der Waals surface area contributed by atoms with E-state index in [0.29, 0.717) is 34.8 Å². The zero-order chi connectivity index (χ0) is 22.1. The van der Waals surface area contributed by atoms with Gasteiger partial charge in [0.2, 0.25) is 5.88 Å². The minimum Gasteiger partial charge on any atom is -0.494 e. The maximum absolute atomic E-state index is 11.9. The van der Waals surface area contributed by atoms with Gasteiger partial charge in [-0.25, -0.2) is 0 Å². The summed E-state index contributed by atoms with van der Waals surface area (Å²) >= 11 is 11.8. The lowest BCUT2D eigenvalue weighted by Crippen LogP contribution is -2.32. The summed E-state index contributed by atoms with van der Waals surface area (Å²) in [5.74, 6) is 1.27. The van der Waals surface area contributed by atoms with Crippen molar-refractivity contribution in [3.8, 4) is 28.6 Å². The lowest BCUT2D eigenvalue weighted by molar-refractivity contribution is -0.123. The number of aromatic nitrogens is 2. The first-order chi connectivity index (χ1) is 15.0. The summed E-state index contributed by atoms with van der Waals surface area (Å²) in [7, 11) is 0. The first-order valence-corrected chi connectivity index (χ1v) is 10.3. The molecule has 3 rings (SSSR count). The Bertz CT molecular complexity index is 999. The molecular formula is C22H21Cl2N3O4. The van der Waals surface area contributed by atoms with Crippen LogP contribution >= 0.6 is 23.2 Å². The van der Waals surface area contributed by atoms with E-state index >= 15 is 0 Å². The molecule has 9 heteroatoms. The molecule has 1 N–H and O–H groups in total. The van der Waals surface area contributed by atoms with E-state index < -0.39 is 0 Å². The van der Waals surface area contributed by atoms with Crippen LogP contribution in [0.1, 0.15) is 6.92 Å². The van der Waals surface area contributed by atoms with Gasteiger partial charge in [0.1, 0.15) is 18.1 Å². The number of hydrogen-bond acceptors (Lipinski definition) is 6. The predicted molar refractivity (Wildman–Crippen MR) is 119 cm³/mol. The summed E-state index contributed by atoms with van der Waals surface area (Å²) in [6.07, 6.45) is 0. The molecule has 0 fully saturated rings. The summed E-state index contributed by atoms with van der Waals surface area (Å²) in [6, 6.07) is 16.0. The van der Waals surface area contributed by atoms with Crippen molar-refractivity contribution in [2.45, 2.75) is 6.92 Å². The summed E-state index contributed by atoms with van der Waals surface area (Å²) in [5, 5.41) is 11.8. The predicted octanol–water partition coefficient (Wildman–Crippen LogP) is 4.42. The molecule has 0 atom stereocenters. The second-order valence-electron chi connectivity index (χ2n) is 6.28. The van der Waals surface area contributed by atoms with Gasteiger partial charge in [0.15, 0.2) is 6.61 Å². The molecule has 0 radical (unpaired) electrons. The highest BCUT2D eigenvalue weighted by Gasteiger charge is 2.07. The lowest BCUT2D eigenvalue weighted by atomic mass is 10.1. The number of carbonyl (C=O) groups excluding carboxylic acids is 1. The number of ether oxygens (including phenoxy) is 3. The van der Waals surface area contributed by atoms with Gasteiger partial charge in [-0.1, -0.05) is 23.2 Å². The van der Waals surface area contributed by atoms with Crippen molar-refractivity contribution in [1.82, 2.24) is 15.5 Å². The maximum atomic E-state index is 11.9. The number of nitrogens with zero attached hydrogens (tertiary/aromatic N) is 2. The minimum atomic E-state index is -0.299. The number of carbonyl (C=O) groups is 1. The van der Waals surface area contributed by atoms with E-state index in [-0.39, 0.29) is 19.1 Å². The molecule has 0 aliphatic rings. The molecule has 0 aliphatic heterocycles. The molecule has 7 nitrogen and oxygen atoms in total. The summed E-state index contributed by atoms with van der Waals surface area (Å²) in [6.45, 7) is 2.92. The Balaban J connectivity index is 1.38. The summed E-state index contributed by atoms with van der Waals surface area (Å²) in [5.41, 5.74) is 1.65. The fourth-order valence-electron chi connectivity index (χ4n) is 2.57. The van der Waals surface area contributed by atoms with Crippen molar-refractivity contribution >= 4 is 29.1 Å². The molecule has 3 aromatic rings. The third-order valence-electron chi connectivity index (χ3n) is 4.03. The van der Waals surface area contributed by atoms with Crippen LogP contribution in [0.15, 0.2) is 54.6 Å². The monoisotopic (exact) mass is 461 g/mol. The van der Waals surface area contributed by atoms with E-state index in [1.165, 1.54) is 0 Å². The van der Waals surface area contributed by atoms with E-state index in [4.69, 9.17) is 37.4 Å². The molecule has 2 aromatic carbocycles. The Labute approximate surface area is 190 Å². The highest BCUT2D eigenvalue weighted by Crippen LogP contribution is 2.27. The van der Waals surface area contributed by atoms with Gasteiger partial charge in [0, 0.05) is 16.7 Å². The van der Waals surface area contributed by atoms with Crippen molar-refractivity contribution in [2.75, 3.05) is 26.4 Å². The van der Waals surface area contributed by atoms with Gasteiger partial charge in [0.05, 0.1) is 23.9 Å². The van der Waals surface area contributed by atoms with E-state index in [9.17, 15) is 4.79 Å². The maximum Gasteiger partial charge on any atom is 0.258 e. The second-order valence-corrected chi connectivity index (χ2v) is 7.12. The van der Waals surface area contributed by atoms with Crippen molar-refractivity contribution < 1.29 is 19.0 Å². The average Bonchev–Trinajstić information content (AvgIpc) is 2.77. The van der Waals surface area contributed by atoms with Gasteiger partial charge in [-0.2, -0.15) is 0 Å². The first-order valence-electron chi connectivity index (χ1n) is 9.59. The zero-order valence-electron chi connectivity index (χ0n) is 16.8. The molecule has 1 amide bonds. The number of rotatable bonds is 10. The Kier molecular flexibility index (Phi) is 8.32. The molecular weight excluding hydrogens is 441 g/mol. The molecule has 0 unspecified atom stereocenters. The summed E-state index contributed by atoms with van der Waals surface area (Å²) < 4.78 is 16.3. The molecule has 31 heavy (non-hydrogen) atoms. The normalized spacial score (nSPS) is 10.4. The van der Waals surface area contributed by atoms with E-state index in [1.54, 1.807) is 24.3 Å². The number of halogens is 2. The average molecular weight is 462 g/mol. The first kappa shape index (κ1) is 22.7. The third-order valence-corrected chi connectivity index (χ3v) is 4.56. The van der Waals surface area contributed by atoms with Crippen LogP contribution in [0.3, 0.4) is 0 Å². The van der Waals surface area contributed by atoms with Gasteiger partial charge in [0.25, 0.3) is 5.91 Å². The number of hydrogen-bond donors (Lipinski definition) is 1. The van der Waals surface area contributed by atoms with Crippen LogP contribution in [0, 0.1) is 0 Å². The lowest BCUT2D eigenvalue weighted by Gasteiger charge is -2.09. The van der Waals surface area contributed by atoms with E-state index in [1.807, 2.05) is 37.3 Å². The molecule has 1 heterocycles. The molecule has 162 valence electrons. The molecule has 0 saturated carbocycles. The Morgan fingerprint density at radius 3 is 2.45 bits per heavy atom. The highest BCUT2D eigenvalue weighted by molar-refractivity contribution is 6.35. The molecule has 0 bridgehead atoms. The Morgan fingerprint density at radius 1 is 0.968 bits per heavy atom. The molecule has 0 saturated heterocycles. The molecule has 1 aromatic heterocycles. The summed E-state index contributed by atoms with van der Waals surface area (Å²) in [4.78, 5) is 11.9. The topological polar surface area (TPSA) is 82.6 Å². The van der Waals surface area contributed by atoms with Crippen LogP contribution in [0.25, 0.3) is 11.3 Å². The van der Waals surface area contributed by atoms with Crippen LogP contribution in [0.5, 0.6) is 17.4 Å². The smallest absolute Gasteiger partial charge is 0.258 e. The van der Waals surface area contributed by atoms with Gasteiger partial charge >= 0.3 is 0 Å². The van der Waals surface area contributed by atoms with E-state index in [0.717, 1.165) is 17.0 Å². The van der Waals surface area contributed by atoms with Crippen molar-refractivity contribution in [3.63, 3.8) is 0 Å². The van der Waals surface area contributed by atoms with Gasteiger partial charge in [-0.15, -0.1) is 10.2 Å². The van der Waals surface area contributed by atoms with Crippen LogP contribution < -0.4 is 19.5 Å². The largest absolute Gasteiger partial charge is 0.494 e. The fraction of sp³-hybridized carbons (Fsp3) is 0.227. The standard InChI is InChI=1S/C22H21Cl2N3O4/c1-2-29-17-6-3-15(4-7-17)19-8-10-22(27-26-19)30-12-11-25-21(28)14-31-20-9-5-16(23)13-18(20)24/h3-10,13H,2,11-12,14H2,1H3,(H,25,28). The van der Waals surface area contributed by atoms with Gasteiger partial charge < -0.3 is 19.5 Å². The Hall–Kier alpha value is -3.03. The van der Waals surface area contributed by atoms with Gasteiger partial charge in [-0.3, -0.25) is 4.79 Å². The SMILES string of the molecule is CCOc1ccc(-c2ccc(OCCNC(=O)COc3ccc(Cl)cc3Cl)nn2)cc1. The molecule has 0 spiro atoms. The quantitative estimate of drug-likeness (QED) is 0.449. The van der Waals surface area contributed by atoms with Gasteiger partial charge in [-0.05, 0) is 55.5 Å². The van der Waals surface area contributed by atoms with Crippen LogP contribution in [-0.4, -0.2) is 42.5 Å². The second kappa shape index (κ2) is 11.4. The number of benzene rings is 2. The number of nitrogens with one attached hydrogen (secondary N) is 1. The van der Waals surface area contributed by atoms with Crippen molar-refractivity contribution in [2.24, 2.45) is 0 Å². The van der Waals surface area contributed by atoms with Crippen LogP contribution in [-0.2, 0) is 4.79 Å². The third kappa shape index (κ3) is 7.01. The zero-order valence-corrected chi connectivity index (χ0v) is 18.3. The van der Waals surface area contributed by atoms with Crippen molar-refractivity contribution in [3.05, 3.63) is 64.6 Å². The van der Waals surface area contributed by atoms with Crippen molar-refractivity contribution in [1.29, 1.82) is 0 Å². The van der Waals surface area contributed by atoms with E-state index in [2.05, 4.69) is 15.5 Å².